The maximum absolute atomic E-state index is 0. The van der Waals surface area contributed by atoms with E-state index in [1.807, 2.05) is 0 Å². The van der Waals surface area contributed by atoms with Gasteiger partial charge < -0.3 is 30.2 Å². The van der Waals surface area contributed by atoms with Gasteiger partial charge in [-0.25, -0.2) is 0 Å². The van der Waals surface area contributed by atoms with Gasteiger partial charge in [-0.3, -0.25) is 0 Å². The van der Waals surface area contributed by atoms with Crippen molar-refractivity contribution < 1.29 is 105 Å². The van der Waals surface area contributed by atoms with Gasteiger partial charge in [0.1, 0.15) is 0 Å². The van der Waals surface area contributed by atoms with Crippen molar-refractivity contribution in [3.63, 3.8) is 0 Å². The van der Waals surface area contributed by atoms with Crippen molar-refractivity contribution in [1.29, 1.82) is 0 Å². The van der Waals surface area contributed by atoms with Gasteiger partial charge in [0.25, 0.3) is 0 Å². The molecule has 0 amide bonds. The zero-order valence-corrected chi connectivity index (χ0v) is 12.0. The van der Waals surface area contributed by atoms with Crippen LogP contribution in [0.25, 0.3) is 0 Å². The molecule has 2 unspecified atom stereocenters. The van der Waals surface area contributed by atoms with E-state index in [0.717, 1.165) is 0 Å². The Labute approximate surface area is 124 Å². The molecule has 0 saturated heterocycles. The Kier molecular flexibility index (Phi) is 4870. The minimum absolute atomic E-state index is 0. The Hall–Kier alpha value is 3.02. The molecular formula is H8Li2O5P2V2-10. The van der Waals surface area contributed by atoms with Crippen molar-refractivity contribution in [2.45, 2.75) is 0 Å². The molecule has 2 atom stereocenters. The molecule has 0 aromatic heterocycles. The van der Waals surface area contributed by atoms with Crippen molar-refractivity contribution in [3.05, 3.63) is 0 Å². The predicted octanol–water partition coefficient (Wildman–Crippen LogP) is -6.25. The molecule has 0 heterocycles. The molecule has 0 aliphatic rings. The Morgan fingerprint density at radius 1 is 0.455 bits per heavy atom. The van der Waals surface area contributed by atoms with E-state index in [2.05, 4.69) is 0 Å². The first-order valence-corrected chi connectivity index (χ1v) is 0. The topological polar surface area (TPSA) is 142 Å². The molecule has 0 spiro atoms. The zero-order chi connectivity index (χ0) is 0. The van der Waals surface area contributed by atoms with Gasteiger partial charge in [-0.15, -0.1) is 0 Å². The summed E-state index contributed by atoms with van der Waals surface area (Å²) >= 11 is 0. The minimum atomic E-state index is 0. The van der Waals surface area contributed by atoms with Gasteiger partial charge in [0.05, 0.1) is 0 Å². The molecule has 70 valence electrons. The van der Waals surface area contributed by atoms with Crippen LogP contribution in [0.2, 0.25) is 0 Å². The summed E-state index contributed by atoms with van der Waals surface area (Å²) in [6, 6.07) is 0. The summed E-state index contributed by atoms with van der Waals surface area (Å²) in [5, 5.41) is 0. The van der Waals surface area contributed by atoms with Crippen LogP contribution in [0.15, 0.2) is 0 Å². The van der Waals surface area contributed by atoms with Crippen LogP contribution in [0.4, 0.5) is 0 Å². The standard InChI is InChI=1S/2Li.5O.2H3P.2V.2H/h;;;;;;;2*1H3;;;;/q2*+1;5*-2;;;;;2*-1. The Morgan fingerprint density at radius 3 is 0.455 bits per heavy atom. The summed E-state index contributed by atoms with van der Waals surface area (Å²) in [6.07, 6.45) is 0. The van der Waals surface area contributed by atoms with Gasteiger partial charge in [0, 0.05) is 37.1 Å². The number of hydrogen-bond donors (Lipinski definition) is 0. The van der Waals surface area contributed by atoms with E-state index in [9.17, 15) is 0 Å². The smallest absolute Gasteiger partial charge is 1.00 e. The Balaban J connectivity index is 0. The van der Waals surface area contributed by atoms with Crippen molar-refractivity contribution in [2.75, 3.05) is 0 Å². The Bertz CT molecular complexity index is 28.5. The third kappa shape index (κ3) is 173. The molecule has 11 heteroatoms. The Morgan fingerprint density at radius 2 is 0.455 bits per heavy atom. The fourth-order valence-electron chi connectivity index (χ4n) is 0. The molecule has 0 bridgehead atoms. The van der Waals surface area contributed by atoms with Crippen LogP contribution in [-0.4, -0.2) is 0 Å². The SMILES string of the molecule is P.P.[H-].[H-].[Li+].[Li+].[O-2].[O-2].[O-2].[O-2].[O-2].[V].[V]. The monoisotopic (exact) mass is 266 g/mol. The maximum Gasteiger partial charge on any atom is 1.00 e. The molecule has 0 rings (SSSR count). The van der Waals surface area contributed by atoms with Gasteiger partial charge in [-0.1, -0.05) is 0 Å². The van der Waals surface area contributed by atoms with Crippen molar-refractivity contribution >= 4 is 19.8 Å². The second-order valence-electron chi connectivity index (χ2n) is 0. The molecule has 5 nitrogen and oxygen atoms in total. The summed E-state index contributed by atoms with van der Waals surface area (Å²) < 4.78 is 0. The quantitative estimate of drug-likeness (QED) is 0.303. The van der Waals surface area contributed by atoms with Gasteiger partial charge >= 0.3 is 37.7 Å². The number of hydrogen-bond acceptors (Lipinski definition) is 0. The first kappa shape index (κ1) is 260. The van der Waals surface area contributed by atoms with E-state index >= 15 is 0 Å². The molecule has 0 aromatic carbocycles. The van der Waals surface area contributed by atoms with E-state index in [1.54, 1.807) is 0 Å². The second kappa shape index (κ2) is 206. The molecule has 0 aliphatic heterocycles. The van der Waals surface area contributed by atoms with E-state index in [0.29, 0.717) is 0 Å². The van der Waals surface area contributed by atoms with Crippen LogP contribution in [-0.2, 0) is 64.5 Å². The summed E-state index contributed by atoms with van der Waals surface area (Å²) in [6.45, 7) is 0. The molecule has 0 fully saturated rings. The fourth-order valence-corrected chi connectivity index (χ4v) is 0. The zero-order valence-electron chi connectivity index (χ0n) is 8.35. The van der Waals surface area contributed by atoms with Crippen LogP contribution >= 0.6 is 19.8 Å². The van der Waals surface area contributed by atoms with Crippen LogP contribution in [0.5, 0.6) is 0 Å². The van der Waals surface area contributed by atoms with Crippen LogP contribution < -0.4 is 37.7 Å². The second-order valence-corrected chi connectivity index (χ2v) is 0. The maximum atomic E-state index is 0. The summed E-state index contributed by atoms with van der Waals surface area (Å²) in [4.78, 5) is 0. The molecule has 0 saturated carbocycles. The largest absolute Gasteiger partial charge is 2.00 e. The van der Waals surface area contributed by atoms with Gasteiger partial charge in [-0.05, 0) is 0 Å². The van der Waals surface area contributed by atoms with Crippen LogP contribution in [0, 0.1) is 0 Å². The van der Waals surface area contributed by atoms with Crippen molar-refractivity contribution in [3.8, 4) is 0 Å². The molecule has 2 radical (unpaired) electrons. The average molecular weight is 266 g/mol. The average Bonchev–Trinajstić information content (AvgIpc) is 0. The normalized spacial score (nSPS) is 0. The molecule has 0 N–H and O–H groups in total. The first-order valence-electron chi connectivity index (χ1n) is 0. The van der Waals surface area contributed by atoms with E-state index in [1.165, 1.54) is 0 Å². The molecule has 0 aliphatic carbocycles. The van der Waals surface area contributed by atoms with Gasteiger partial charge in [0.15, 0.2) is 0 Å². The molecule has 11 heavy (non-hydrogen) atoms. The van der Waals surface area contributed by atoms with E-state index in [4.69, 9.17) is 0 Å². The third-order valence-corrected chi connectivity index (χ3v) is 0. The van der Waals surface area contributed by atoms with E-state index < -0.39 is 0 Å². The first-order chi connectivity index (χ1) is 0. The van der Waals surface area contributed by atoms with Gasteiger partial charge in [0.2, 0.25) is 0 Å². The van der Waals surface area contributed by atoms with Crippen molar-refractivity contribution in [2.24, 2.45) is 0 Å². The summed E-state index contributed by atoms with van der Waals surface area (Å²) in [7, 11) is 0. The predicted molar refractivity (Wildman–Crippen MR) is 27.9 cm³/mol. The molecule has 0 aromatic rings. The van der Waals surface area contributed by atoms with Crippen LogP contribution in [0.3, 0.4) is 0 Å². The van der Waals surface area contributed by atoms with Crippen LogP contribution in [0.1, 0.15) is 2.85 Å². The summed E-state index contributed by atoms with van der Waals surface area (Å²) in [5.41, 5.74) is 0. The van der Waals surface area contributed by atoms with E-state index in [-0.39, 0.29) is 125 Å². The van der Waals surface area contributed by atoms with Gasteiger partial charge in [-0.2, -0.15) is 19.8 Å². The number of rotatable bonds is 0. The fraction of sp³-hybridized carbons (Fsp3) is 0. The minimum Gasteiger partial charge on any atom is -2.00 e. The molecular weight excluding hydrogens is 258 g/mol. The van der Waals surface area contributed by atoms with Crippen molar-refractivity contribution in [1.82, 2.24) is 0 Å². The third-order valence-electron chi connectivity index (χ3n) is 0. The summed E-state index contributed by atoms with van der Waals surface area (Å²) in [5.74, 6) is 0.